The Labute approximate surface area is 114 Å². The van der Waals surface area contributed by atoms with E-state index in [0.717, 1.165) is 25.1 Å². The second kappa shape index (κ2) is 8.99. The van der Waals surface area contributed by atoms with Crippen LogP contribution in [0.4, 0.5) is 8.78 Å². The van der Waals surface area contributed by atoms with Crippen LogP contribution in [0.2, 0.25) is 0 Å². The Kier molecular flexibility index (Phi) is 7.60. The number of ether oxygens (including phenoxy) is 1. The van der Waals surface area contributed by atoms with E-state index in [2.05, 4.69) is 19.2 Å². The highest BCUT2D eigenvalue weighted by Crippen LogP contribution is 2.07. The second-order valence-electron chi connectivity index (χ2n) is 5.07. The maximum absolute atomic E-state index is 11.9. The normalized spacial score (nSPS) is 11.5. The smallest absolute Gasteiger partial charge is 0.261 e. The van der Waals surface area contributed by atoms with E-state index < -0.39 is 13.0 Å². The minimum atomic E-state index is -2.40. The molecule has 19 heavy (non-hydrogen) atoms. The molecule has 0 aliphatic heterocycles. The molecule has 0 aromatic heterocycles. The van der Waals surface area contributed by atoms with Crippen LogP contribution in [0.25, 0.3) is 0 Å². The molecule has 0 spiro atoms. The quantitative estimate of drug-likeness (QED) is 0.696. The first-order valence-electron chi connectivity index (χ1n) is 6.72. The molecule has 1 aromatic carbocycles. The molecular formula is C15H23F2NO. The maximum atomic E-state index is 11.9. The van der Waals surface area contributed by atoms with Crippen LogP contribution in [0.3, 0.4) is 0 Å². The summed E-state index contributed by atoms with van der Waals surface area (Å²) in [6, 6.07) is 7.92. The molecule has 1 N–H and O–H groups in total. The highest BCUT2D eigenvalue weighted by Gasteiger charge is 2.02. The van der Waals surface area contributed by atoms with Gasteiger partial charge >= 0.3 is 0 Å². The molecule has 0 radical (unpaired) electrons. The van der Waals surface area contributed by atoms with Gasteiger partial charge in [-0.05, 0) is 36.6 Å². The minimum Gasteiger partial charge on any atom is -0.371 e. The number of hydrogen-bond donors (Lipinski definition) is 1. The van der Waals surface area contributed by atoms with Crippen molar-refractivity contribution in [2.45, 2.75) is 33.3 Å². The minimum absolute atomic E-state index is 0.246. The average molecular weight is 271 g/mol. The Balaban J connectivity index is 2.23. The first-order valence-corrected chi connectivity index (χ1v) is 6.72. The fourth-order valence-corrected chi connectivity index (χ4v) is 1.69. The van der Waals surface area contributed by atoms with Crippen molar-refractivity contribution < 1.29 is 13.5 Å². The molecule has 2 nitrogen and oxygen atoms in total. The summed E-state index contributed by atoms with van der Waals surface area (Å²) in [6.45, 7) is 6.10. The van der Waals surface area contributed by atoms with E-state index in [9.17, 15) is 8.78 Å². The zero-order valence-corrected chi connectivity index (χ0v) is 11.7. The lowest BCUT2D eigenvalue weighted by Crippen LogP contribution is -2.22. The number of alkyl halides is 2. The molecule has 1 rings (SSSR count). The summed E-state index contributed by atoms with van der Waals surface area (Å²) in [5, 5.41) is 3.39. The van der Waals surface area contributed by atoms with Gasteiger partial charge in [-0.15, -0.1) is 0 Å². The molecule has 4 heteroatoms. The monoisotopic (exact) mass is 271 g/mol. The lowest BCUT2D eigenvalue weighted by molar-refractivity contribution is 0.00988. The van der Waals surface area contributed by atoms with Gasteiger partial charge in [0.25, 0.3) is 6.43 Å². The van der Waals surface area contributed by atoms with Gasteiger partial charge in [0.2, 0.25) is 0 Å². The SMILES string of the molecule is CC(C)CNCCc1ccc(COCC(F)F)cc1. The van der Waals surface area contributed by atoms with E-state index in [0.29, 0.717) is 5.92 Å². The van der Waals surface area contributed by atoms with Crippen LogP contribution in [0.1, 0.15) is 25.0 Å². The van der Waals surface area contributed by atoms with Crippen molar-refractivity contribution in [3.63, 3.8) is 0 Å². The van der Waals surface area contributed by atoms with Gasteiger partial charge in [0.05, 0.1) is 6.61 Å². The molecule has 1 aromatic rings. The summed E-state index contributed by atoms with van der Waals surface area (Å²) >= 11 is 0. The molecular weight excluding hydrogens is 248 g/mol. The molecule has 0 aliphatic carbocycles. The molecule has 0 amide bonds. The summed E-state index contributed by atoms with van der Waals surface area (Å²) in [7, 11) is 0. The predicted molar refractivity (Wildman–Crippen MR) is 73.5 cm³/mol. The predicted octanol–water partition coefficient (Wildman–Crippen LogP) is 3.26. The third-order valence-electron chi connectivity index (χ3n) is 2.68. The Hall–Kier alpha value is -1.00. The number of nitrogens with one attached hydrogen (secondary N) is 1. The Morgan fingerprint density at radius 2 is 1.74 bits per heavy atom. The van der Waals surface area contributed by atoms with Crippen molar-refractivity contribution >= 4 is 0 Å². The van der Waals surface area contributed by atoms with E-state index in [4.69, 9.17) is 4.74 Å². The molecule has 108 valence electrons. The van der Waals surface area contributed by atoms with E-state index in [1.165, 1.54) is 5.56 Å². The lowest BCUT2D eigenvalue weighted by Gasteiger charge is -2.08. The van der Waals surface area contributed by atoms with Gasteiger partial charge in [0.1, 0.15) is 6.61 Å². The largest absolute Gasteiger partial charge is 0.371 e. The number of halogens is 2. The Morgan fingerprint density at radius 1 is 1.11 bits per heavy atom. The van der Waals surface area contributed by atoms with E-state index in [1.54, 1.807) is 0 Å². The van der Waals surface area contributed by atoms with Crippen LogP contribution in [0.5, 0.6) is 0 Å². The van der Waals surface area contributed by atoms with Crippen LogP contribution in [-0.4, -0.2) is 26.1 Å². The van der Waals surface area contributed by atoms with Crippen LogP contribution < -0.4 is 5.32 Å². The molecule has 0 aliphatic rings. The molecule has 0 heterocycles. The zero-order chi connectivity index (χ0) is 14.1. The van der Waals surface area contributed by atoms with E-state index in [1.807, 2.05) is 24.3 Å². The van der Waals surface area contributed by atoms with Crippen molar-refractivity contribution in [2.75, 3.05) is 19.7 Å². The zero-order valence-electron chi connectivity index (χ0n) is 11.7. The highest BCUT2D eigenvalue weighted by atomic mass is 19.3. The summed E-state index contributed by atoms with van der Waals surface area (Å²) < 4.78 is 28.7. The average Bonchev–Trinajstić information content (AvgIpc) is 2.36. The lowest BCUT2D eigenvalue weighted by atomic mass is 10.1. The van der Waals surface area contributed by atoms with Gasteiger partial charge in [-0.3, -0.25) is 0 Å². The topological polar surface area (TPSA) is 21.3 Å². The first kappa shape index (κ1) is 16.1. The summed E-state index contributed by atoms with van der Waals surface area (Å²) in [4.78, 5) is 0. The highest BCUT2D eigenvalue weighted by molar-refractivity contribution is 5.22. The third kappa shape index (κ3) is 7.90. The molecule has 0 unspecified atom stereocenters. The molecule has 0 bridgehead atoms. The van der Waals surface area contributed by atoms with Gasteiger partial charge < -0.3 is 10.1 Å². The van der Waals surface area contributed by atoms with Crippen LogP contribution in [0.15, 0.2) is 24.3 Å². The van der Waals surface area contributed by atoms with Gasteiger partial charge in [-0.1, -0.05) is 38.1 Å². The van der Waals surface area contributed by atoms with Crippen LogP contribution in [-0.2, 0) is 17.8 Å². The fraction of sp³-hybridized carbons (Fsp3) is 0.600. The molecule has 0 saturated carbocycles. The summed E-state index contributed by atoms with van der Waals surface area (Å²) in [5.74, 6) is 0.661. The van der Waals surface area contributed by atoms with Crippen molar-refractivity contribution in [3.05, 3.63) is 35.4 Å². The number of benzene rings is 1. The van der Waals surface area contributed by atoms with Gasteiger partial charge in [-0.25, -0.2) is 8.78 Å². The molecule has 0 atom stereocenters. The number of hydrogen-bond acceptors (Lipinski definition) is 2. The van der Waals surface area contributed by atoms with Gasteiger partial charge in [0, 0.05) is 0 Å². The standard InChI is InChI=1S/C15H23F2NO/c1-12(2)9-18-8-7-13-3-5-14(6-4-13)10-19-11-15(16)17/h3-6,12,15,18H,7-11H2,1-2H3. The number of rotatable bonds is 9. The van der Waals surface area contributed by atoms with E-state index in [-0.39, 0.29) is 6.61 Å². The van der Waals surface area contributed by atoms with Crippen molar-refractivity contribution in [1.29, 1.82) is 0 Å². The maximum Gasteiger partial charge on any atom is 0.261 e. The third-order valence-corrected chi connectivity index (χ3v) is 2.68. The molecule has 0 saturated heterocycles. The van der Waals surface area contributed by atoms with Crippen molar-refractivity contribution in [2.24, 2.45) is 5.92 Å². The van der Waals surface area contributed by atoms with Gasteiger partial charge in [-0.2, -0.15) is 0 Å². The van der Waals surface area contributed by atoms with Gasteiger partial charge in [0.15, 0.2) is 0 Å². The van der Waals surface area contributed by atoms with Crippen LogP contribution >= 0.6 is 0 Å². The summed E-state index contributed by atoms with van der Waals surface area (Å²) in [5.41, 5.74) is 2.17. The Morgan fingerprint density at radius 3 is 2.32 bits per heavy atom. The molecule has 0 fully saturated rings. The second-order valence-corrected chi connectivity index (χ2v) is 5.07. The first-order chi connectivity index (χ1) is 9.08. The van der Waals surface area contributed by atoms with Crippen LogP contribution in [0, 0.1) is 5.92 Å². The van der Waals surface area contributed by atoms with Crippen molar-refractivity contribution in [3.8, 4) is 0 Å². The van der Waals surface area contributed by atoms with E-state index >= 15 is 0 Å². The fourth-order valence-electron chi connectivity index (χ4n) is 1.69. The Bertz CT molecular complexity index is 339. The summed E-state index contributed by atoms with van der Waals surface area (Å²) in [6.07, 6.45) is -1.42. The van der Waals surface area contributed by atoms with Crippen molar-refractivity contribution in [1.82, 2.24) is 5.32 Å².